The molecule has 1 fully saturated rings. The van der Waals surface area contributed by atoms with E-state index < -0.39 is 11.9 Å². The zero-order chi connectivity index (χ0) is 22.1. The van der Waals surface area contributed by atoms with Crippen LogP contribution in [0, 0.1) is 5.41 Å². The summed E-state index contributed by atoms with van der Waals surface area (Å²) >= 11 is 0. The molecular formula is C23H20F3N3O2. The Balaban J connectivity index is 1.64. The van der Waals surface area contributed by atoms with Crippen LogP contribution in [0.4, 0.5) is 13.2 Å². The third-order valence-corrected chi connectivity index (χ3v) is 5.27. The minimum absolute atomic E-state index is 0.0442. The number of halogens is 3. The molecule has 1 saturated heterocycles. The lowest BCUT2D eigenvalue weighted by Gasteiger charge is -2.30. The topological polar surface area (TPSA) is 65.4 Å². The van der Waals surface area contributed by atoms with Crippen molar-refractivity contribution in [2.75, 3.05) is 0 Å². The van der Waals surface area contributed by atoms with E-state index in [0.29, 0.717) is 5.56 Å². The number of nitrogens with zero attached hydrogens (tertiary/aromatic N) is 1. The van der Waals surface area contributed by atoms with Crippen molar-refractivity contribution in [1.29, 1.82) is 5.41 Å². The Bertz CT molecular complexity index is 1050. The number of guanidine groups is 1. The van der Waals surface area contributed by atoms with Crippen LogP contribution in [0.15, 0.2) is 78.4 Å². The highest BCUT2D eigenvalue weighted by atomic mass is 19.4. The molecule has 2 aromatic carbocycles. The molecule has 0 saturated carbocycles. The van der Waals surface area contributed by atoms with Gasteiger partial charge in [0.05, 0.1) is 6.54 Å². The Morgan fingerprint density at radius 2 is 1.77 bits per heavy atom. The lowest BCUT2D eigenvalue weighted by atomic mass is 9.80. The van der Waals surface area contributed by atoms with Gasteiger partial charge in [0.25, 0.3) is 5.91 Å². The number of benzene rings is 2. The number of carbonyl (C=O) groups excluding carboxylic acids is 1. The molecule has 0 spiro atoms. The van der Waals surface area contributed by atoms with Crippen LogP contribution in [-0.4, -0.2) is 23.1 Å². The van der Waals surface area contributed by atoms with Crippen LogP contribution in [0.2, 0.25) is 0 Å². The second-order valence-electron chi connectivity index (χ2n) is 7.31. The summed E-state index contributed by atoms with van der Waals surface area (Å²) in [6.07, 6.45) is 2.81. The van der Waals surface area contributed by atoms with Crippen LogP contribution in [0.3, 0.4) is 0 Å². The van der Waals surface area contributed by atoms with Gasteiger partial charge in [-0.25, -0.2) is 0 Å². The first-order valence-corrected chi connectivity index (χ1v) is 9.76. The van der Waals surface area contributed by atoms with Crippen molar-refractivity contribution in [1.82, 2.24) is 10.2 Å². The Hall–Kier alpha value is -3.55. The third kappa shape index (κ3) is 4.05. The highest BCUT2D eigenvalue weighted by Gasteiger charge is 2.52. The van der Waals surface area contributed by atoms with Crippen LogP contribution in [-0.2, 0) is 16.9 Å². The van der Waals surface area contributed by atoms with Crippen molar-refractivity contribution in [3.8, 4) is 5.75 Å². The fraction of sp³-hybridized carbons (Fsp3) is 0.217. The van der Waals surface area contributed by atoms with Gasteiger partial charge in [-0.15, -0.1) is 13.2 Å². The smallest absolute Gasteiger partial charge is 0.406 e. The molecule has 1 unspecified atom stereocenters. The normalized spacial score (nSPS) is 21.1. The molecule has 31 heavy (non-hydrogen) atoms. The van der Waals surface area contributed by atoms with Gasteiger partial charge in [0, 0.05) is 0 Å². The highest BCUT2D eigenvalue weighted by Crippen LogP contribution is 2.38. The molecule has 2 aliphatic rings. The summed E-state index contributed by atoms with van der Waals surface area (Å²) in [7, 11) is 0. The Morgan fingerprint density at radius 1 is 1.06 bits per heavy atom. The van der Waals surface area contributed by atoms with Gasteiger partial charge in [0.2, 0.25) is 0 Å². The van der Waals surface area contributed by atoms with E-state index in [-0.39, 0.29) is 24.2 Å². The number of nitrogens with one attached hydrogen (secondary N) is 2. The number of carbonyl (C=O) groups is 1. The van der Waals surface area contributed by atoms with Crippen molar-refractivity contribution in [2.45, 2.75) is 31.3 Å². The number of amides is 1. The molecular weight excluding hydrogens is 407 g/mol. The molecule has 1 aliphatic heterocycles. The van der Waals surface area contributed by atoms with Crippen molar-refractivity contribution < 1.29 is 22.7 Å². The minimum Gasteiger partial charge on any atom is -0.406 e. The molecule has 5 nitrogen and oxygen atoms in total. The third-order valence-electron chi connectivity index (χ3n) is 5.27. The van der Waals surface area contributed by atoms with Crippen LogP contribution < -0.4 is 10.1 Å². The maximum absolute atomic E-state index is 13.7. The first-order chi connectivity index (χ1) is 14.8. The van der Waals surface area contributed by atoms with Crippen LogP contribution >= 0.6 is 0 Å². The monoisotopic (exact) mass is 427 g/mol. The predicted octanol–water partition coefficient (Wildman–Crippen LogP) is 4.62. The van der Waals surface area contributed by atoms with Gasteiger partial charge in [0.1, 0.15) is 5.75 Å². The van der Waals surface area contributed by atoms with E-state index in [0.717, 1.165) is 24.0 Å². The maximum atomic E-state index is 13.7. The van der Waals surface area contributed by atoms with Crippen LogP contribution in [0.25, 0.3) is 0 Å². The first-order valence-electron chi connectivity index (χ1n) is 9.76. The average Bonchev–Trinajstić information content (AvgIpc) is 3.01. The molecule has 0 radical (unpaired) electrons. The summed E-state index contributed by atoms with van der Waals surface area (Å²) in [6.45, 7) is 0.0442. The van der Waals surface area contributed by atoms with Gasteiger partial charge in [-0.05, 0) is 41.7 Å². The summed E-state index contributed by atoms with van der Waals surface area (Å²) in [5.41, 5.74) is 0.857. The zero-order valence-electron chi connectivity index (χ0n) is 16.4. The van der Waals surface area contributed by atoms with Crippen LogP contribution in [0.5, 0.6) is 5.75 Å². The lowest BCUT2D eigenvalue weighted by molar-refractivity contribution is -0.274. The largest absolute Gasteiger partial charge is 0.573 e. The number of alkyl halides is 3. The second kappa shape index (κ2) is 7.94. The Morgan fingerprint density at radius 3 is 2.39 bits per heavy atom. The van der Waals surface area contributed by atoms with Gasteiger partial charge < -0.3 is 10.1 Å². The van der Waals surface area contributed by atoms with Gasteiger partial charge in [-0.3, -0.25) is 15.1 Å². The molecule has 1 heterocycles. The lowest BCUT2D eigenvalue weighted by Crippen LogP contribution is -2.45. The summed E-state index contributed by atoms with van der Waals surface area (Å²) < 4.78 is 41.0. The molecule has 4 rings (SSSR count). The van der Waals surface area contributed by atoms with E-state index in [1.165, 1.54) is 29.2 Å². The molecule has 1 amide bonds. The zero-order valence-corrected chi connectivity index (χ0v) is 16.4. The Labute approximate surface area is 177 Å². The van der Waals surface area contributed by atoms with Crippen molar-refractivity contribution >= 4 is 11.9 Å². The van der Waals surface area contributed by atoms with E-state index in [2.05, 4.69) is 10.1 Å². The predicted molar refractivity (Wildman–Crippen MR) is 109 cm³/mol. The maximum Gasteiger partial charge on any atom is 0.573 e. The quantitative estimate of drug-likeness (QED) is 0.732. The number of hydrogen-bond donors (Lipinski definition) is 2. The molecule has 0 aromatic heterocycles. The van der Waals surface area contributed by atoms with Gasteiger partial charge in [-0.1, -0.05) is 60.7 Å². The summed E-state index contributed by atoms with van der Waals surface area (Å²) in [5.74, 6) is -0.713. The average molecular weight is 427 g/mol. The van der Waals surface area contributed by atoms with Crippen molar-refractivity contribution in [3.05, 3.63) is 89.5 Å². The molecule has 160 valence electrons. The summed E-state index contributed by atoms with van der Waals surface area (Å²) in [5, 5.41) is 11.5. The molecule has 0 bridgehead atoms. The van der Waals surface area contributed by atoms with E-state index in [1.807, 2.05) is 48.6 Å². The van der Waals surface area contributed by atoms with E-state index in [4.69, 9.17) is 5.41 Å². The molecule has 1 aliphatic carbocycles. The van der Waals surface area contributed by atoms with E-state index >= 15 is 0 Å². The van der Waals surface area contributed by atoms with E-state index in [1.54, 1.807) is 0 Å². The summed E-state index contributed by atoms with van der Waals surface area (Å²) in [6, 6.07) is 14.5. The highest BCUT2D eigenvalue weighted by molar-refractivity contribution is 6.10. The first kappa shape index (κ1) is 20.7. The number of allylic oxidation sites excluding steroid dienone is 2. The van der Waals surface area contributed by atoms with Gasteiger partial charge in [-0.2, -0.15) is 0 Å². The molecule has 8 heteroatoms. The Kier molecular flexibility index (Phi) is 5.31. The second-order valence-corrected chi connectivity index (χ2v) is 7.31. The van der Waals surface area contributed by atoms with E-state index in [9.17, 15) is 18.0 Å². The number of ether oxygens (including phenoxy) is 1. The SMILES string of the molecule is N=C1NC(C2=CCCC=C2)(c2ccccc2)C(=O)N1Cc1ccc(OC(F)(F)F)cc1. The van der Waals surface area contributed by atoms with Crippen LogP contribution in [0.1, 0.15) is 24.0 Å². The van der Waals surface area contributed by atoms with Gasteiger partial charge in [0.15, 0.2) is 11.5 Å². The van der Waals surface area contributed by atoms with Crippen molar-refractivity contribution in [2.24, 2.45) is 0 Å². The fourth-order valence-electron chi connectivity index (χ4n) is 3.87. The van der Waals surface area contributed by atoms with Crippen molar-refractivity contribution in [3.63, 3.8) is 0 Å². The summed E-state index contributed by atoms with van der Waals surface area (Å²) in [4.78, 5) is 15.0. The molecule has 2 aromatic rings. The number of hydrogen-bond acceptors (Lipinski definition) is 3. The van der Waals surface area contributed by atoms with Gasteiger partial charge >= 0.3 is 6.36 Å². The number of rotatable bonds is 5. The minimum atomic E-state index is -4.77. The fourth-order valence-corrected chi connectivity index (χ4v) is 3.87. The standard InChI is InChI=1S/C23H20F3N3O2/c24-23(25,26)31-19-13-11-16(12-14-19)15-29-20(30)22(28-21(29)27,17-7-3-1-4-8-17)18-9-5-2-6-10-18/h1,3-5,7-14H,2,6,15H2,(H2,27,28). The molecule has 2 N–H and O–H groups in total. The molecule has 1 atom stereocenters.